The second-order valence-electron chi connectivity index (χ2n) is 8.07. The Morgan fingerprint density at radius 2 is 1.58 bits per heavy atom. The number of nitrogens with two attached hydrogens (primary N) is 1. The van der Waals surface area contributed by atoms with Crippen LogP contribution in [0.5, 0.6) is 0 Å². The van der Waals surface area contributed by atoms with Crippen molar-refractivity contribution in [2.24, 2.45) is 16.6 Å². The van der Waals surface area contributed by atoms with E-state index in [4.69, 9.17) is 5.73 Å². The van der Waals surface area contributed by atoms with E-state index in [0.29, 0.717) is 10.8 Å². The highest BCUT2D eigenvalue weighted by Gasteiger charge is 2.46. The van der Waals surface area contributed by atoms with Gasteiger partial charge in [-0.1, -0.05) is 58.9 Å². The lowest BCUT2D eigenvalue weighted by Crippen LogP contribution is -2.49. The van der Waals surface area contributed by atoms with Gasteiger partial charge in [0.05, 0.1) is 0 Å². The van der Waals surface area contributed by atoms with Gasteiger partial charge < -0.3 is 5.73 Å². The molecule has 0 bridgehead atoms. The quantitative estimate of drug-likeness (QED) is 0.822. The molecule has 2 rings (SSSR count). The number of hydrogen-bond acceptors (Lipinski definition) is 1. The van der Waals surface area contributed by atoms with Gasteiger partial charge in [0.25, 0.3) is 0 Å². The van der Waals surface area contributed by atoms with Gasteiger partial charge in [0.15, 0.2) is 0 Å². The average Bonchev–Trinajstić information content (AvgIpc) is 2.24. The Kier molecular flexibility index (Phi) is 3.55. The van der Waals surface area contributed by atoms with Gasteiger partial charge in [-0.15, -0.1) is 0 Å². The van der Waals surface area contributed by atoms with Crippen LogP contribution in [-0.4, -0.2) is 0 Å². The molecule has 0 spiro atoms. The monoisotopic (exact) mass is 259 g/mol. The highest BCUT2D eigenvalue weighted by molar-refractivity contribution is 5.31. The van der Waals surface area contributed by atoms with Crippen molar-refractivity contribution in [3.8, 4) is 0 Å². The maximum absolute atomic E-state index is 6.86. The molecule has 0 atom stereocenters. The first-order chi connectivity index (χ1) is 8.66. The standard InChI is InChI=1S/C18H29N/c1-6-14-8-7-9-15(10-14)18(19)12-16(2,3)11-17(4,5)13-18/h7-10H,6,11-13,19H2,1-5H3. The fraction of sp³-hybridized carbons (Fsp3) is 0.667. The molecule has 1 aliphatic carbocycles. The van der Waals surface area contributed by atoms with Crippen molar-refractivity contribution in [3.63, 3.8) is 0 Å². The lowest BCUT2D eigenvalue weighted by Gasteiger charge is -2.50. The lowest BCUT2D eigenvalue weighted by molar-refractivity contribution is 0.0470. The molecule has 19 heavy (non-hydrogen) atoms. The molecule has 1 aromatic carbocycles. The van der Waals surface area contributed by atoms with Crippen molar-refractivity contribution in [1.82, 2.24) is 0 Å². The second kappa shape index (κ2) is 4.63. The molecule has 0 unspecified atom stereocenters. The third kappa shape index (κ3) is 3.20. The van der Waals surface area contributed by atoms with Crippen molar-refractivity contribution in [3.05, 3.63) is 35.4 Å². The molecule has 0 amide bonds. The Morgan fingerprint density at radius 1 is 1.00 bits per heavy atom. The van der Waals surface area contributed by atoms with E-state index < -0.39 is 0 Å². The molecule has 2 N–H and O–H groups in total. The van der Waals surface area contributed by atoms with Crippen molar-refractivity contribution in [2.45, 2.75) is 65.8 Å². The van der Waals surface area contributed by atoms with Crippen molar-refractivity contribution in [1.29, 1.82) is 0 Å². The molecule has 106 valence electrons. The van der Waals surface area contributed by atoms with E-state index in [0.717, 1.165) is 19.3 Å². The van der Waals surface area contributed by atoms with E-state index in [-0.39, 0.29) is 5.54 Å². The third-order valence-corrected chi connectivity index (χ3v) is 4.46. The molecule has 0 heterocycles. The molecule has 0 radical (unpaired) electrons. The molecule has 0 aromatic heterocycles. The first-order valence-corrected chi connectivity index (χ1v) is 7.54. The average molecular weight is 259 g/mol. The zero-order valence-corrected chi connectivity index (χ0v) is 13.2. The van der Waals surface area contributed by atoms with E-state index in [2.05, 4.69) is 58.9 Å². The minimum absolute atomic E-state index is 0.170. The van der Waals surface area contributed by atoms with Gasteiger partial charge in [0.1, 0.15) is 0 Å². The first-order valence-electron chi connectivity index (χ1n) is 7.54. The van der Waals surface area contributed by atoms with Crippen molar-refractivity contribution < 1.29 is 0 Å². The molecule has 1 aromatic rings. The Balaban J connectivity index is 2.40. The van der Waals surface area contributed by atoms with Gasteiger partial charge in [-0.05, 0) is 47.6 Å². The van der Waals surface area contributed by atoms with Crippen LogP contribution < -0.4 is 5.73 Å². The number of hydrogen-bond donors (Lipinski definition) is 1. The molecule has 0 saturated heterocycles. The predicted molar refractivity (Wildman–Crippen MR) is 83.1 cm³/mol. The van der Waals surface area contributed by atoms with Gasteiger partial charge in [-0.2, -0.15) is 0 Å². The number of aryl methyl sites for hydroxylation is 1. The first kappa shape index (κ1) is 14.6. The van der Waals surface area contributed by atoms with Crippen LogP contribution >= 0.6 is 0 Å². The maximum atomic E-state index is 6.86. The fourth-order valence-electron chi connectivity index (χ4n) is 4.50. The summed E-state index contributed by atoms with van der Waals surface area (Å²) in [6.07, 6.45) is 4.50. The van der Waals surface area contributed by atoms with Crippen molar-refractivity contribution >= 4 is 0 Å². The van der Waals surface area contributed by atoms with Gasteiger partial charge in [0, 0.05) is 5.54 Å². The van der Waals surface area contributed by atoms with Gasteiger partial charge in [-0.3, -0.25) is 0 Å². The molecular formula is C18H29N. The summed E-state index contributed by atoms with van der Waals surface area (Å²) in [7, 11) is 0. The van der Waals surface area contributed by atoms with Crippen LogP contribution in [0.3, 0.4) is 0 Å². The van der Waals surface area contributed by atoms with E-state index in [1.54, 1.807) is 0 Å². The zero-order valence-electron chi connectivity index (χ0n) is 13.2. The normalized spacial score (nSPS) is 24.1. The molecule has 1 saturated carbocycles. The Hall–Kier alpha value is -0.820. The topological polar surface area (TPSA) is 26.0 Å². The molecule has 1 nitrogen and oxygen atoms in total. The van der Waals surface area contributed by atoms with Crippen LogP contribution in [-0.2, 0) is 12.0 Å². The lowest BCUT2D eigenvalue weighted by atomic mass is 9.57. The van der Waals surface area contributed by atoms with E-state index in [1.807, 2.05) is 0 Å². The summed E-state index contributed by atoms with van der Waals surface area (Å²) in [5, 5.41) is 0. The largest absolute Gasteiger partial charge is 0.321 e. The van der Waals surface area contributed by atoms with Crippen LogP contribution in [0.4, 0.5) is 0 Å². The molecule has 1 heteroatoms. The Labute approximate surface area is 118 Å². The van der Waals surface area contributed by atoms with Crippen LogP contribution in [0, 0.1) is 10.8 Å². The molecular weight excluding hydrogens is 230 g/mol. The summed E-state index contributed by atoms with van der Waals surface area (Å²) in [4.78, 5) is 0. The summed E-state index contributed by atoms with van der Waals surface area (Å²) >= 11 is 0. The van der Waals surface area contributed by atoms with E-state index in [1.165, 1.54) is 17.5 Å². The zero-order chi connectivity index (χ0) is 14.3. The smallest absolute Gasteiger partial charge is 0.0419 e. The Bertz CT molecular complexity index is 441. The second-order valence-corrected chi connectivity index (χ2v) is 8.07. The van der Waals surface area contributed by atoms with Crippen molar-refractivity contribution in [2.75, 3.05) is 0 Å². The van der Waals surface area contributed by atoms with Crippen LogP contribution in [0.15, 0.2) is 24.3 Å². The van der Waals surface area contributed by atoms with E-state index in [9.17, 15) is 0 Å². The maximum Gasteiger partial charge on any atom is 0.0419 e. The fourth-order valence-corrected chi connectivity index (χ4v) is 4.50. The minimum Gasteiger partial charge on any atom is -0.321 e. The summed E-state index contributed by atoms with van der Waals surface area (Å²) < 4.78 is 0. The number of rotatable bonds is 2. The van der Waals surface area contributed by atoms with Crippen LogP contribution in [0.2, 0.25) is 0 Å². The molecule has 1 fully saturated rings. The SMILES string of the molecule is CCc1cccc(C2(N)CC(C)(C)CC(C)(C)C2)c1. The highest BCUT2D eigenvalue weighted by atomic mass is 14.8. The Morgan fingerprint density at radius 3 is 2.11 bits per heavy atom. The number of benzene rings is 1. The van der Waals surface area contributed by atoms with Gasteiger partial charge >= 0.3 is 0 Å². The predicted octanol–water partition coefficient (Wildman–Crippen LogP) is 4.64. The summed E-state index contributed by atoms with van der Waals surface area (Å²) in [5.74, 6) is 0. The van der Waals surface area contributed by atoms with Crippen LogP contribution in [0.1, 0.15) is 65.0 Å². The summed E-state index contributed by atoms with van der Waals surface area (Å²) in [5.41, 5.74) is 10.0. The van der Waals surface area contributed by atoms with Gasteiger partial charge in [0.2, 0.25) is 0 Å². The summed E-state index contributed by atoms with van der Waals surface area (Å²) in [6.45, 7) is 11.6. The highest BCUT2D eigenvalue weighted by Crippen LogP contribution is 2.52. The van der Waals surface area contributed by atoms with Gasteiger partial charge in [-0.25, -0.2) is 0 Å². The molecule has 0 aliphatic heterocycles. The minimum atomic E-state index is -0.170. The molecule has 1 aliphatic rings. The van der Waals surface area contributed by atoms with E-state index >= 15 is 0 Å². The summed E-state index contributed by atoms with van der Waals surface area (Å²) in [6, 6.07) is 8.90. The third-order valence-electron chi connectivity index (χ3n) is 4.46. The van der Waals surface area contributed by atoms with Crippen LogP contribution in [0.25, 0.3) is 0 Å².